The Bertz CT molecular complexity index is 1220. The van der Waals surface area contributed by atoms with Crippen molar-refractivity contribution >= 4 is 16.8 Å². The van der Waals surface area contributed by atoms with E-state index in [2.05, 4.69) is 22.3 Å². The Labute approximate surface area is 195 Å². The van der Waals surface area contributed by atoms with Crippen molar-refractivity contribution in [3.05, 3.63) is 96.1 Å². The van der Waals surface area contributed by atoms with Crippen LogP contribution in [0.15, 0.2) is 84.9 Å². The van der Waals surface area contributed by atoms with Crippen molar-refractivity contribution in [3.8, 4) is 17.0 Å². The molecular formula is C28H29N3O2. The van der Waals surface area contributed by atoms with Crippen molar-refractivity contribution in [2.75, 3.05) is 27.7 Å². The largest absolute Gasteiger partial charge is 0.497 e. The fourth-order valence-electron chi connectivity index (χ4n) is 3.90. The molecule has 168 valence electrons. The van der Waals surface area contributed by atoms with E-state index < -0.39 is 0 Å². The Morgan fingerprint density at radius 2 is 1.67 bits per heavy atom. The van der Waals surface area contributed by atoms with Crippen LogP contribution in [0, 0.1) is 0 Å². The minimum absolute atomic E-state index is 0.0942. The molecule has 0 saturated carbocycles. The number of methoxy groups -OCH3 is 1. The van der Waals surface area contributed by atoms with E-state index in [1.807, 2.05) is 86.9 Å². The molecule has 1 aromatic heterocycles. The van der Waals surface area contributed by atoms with E-state index in [4.69, 9.17) is 9.72 Å². The average molecular weight is 440 g/mol. The van der Waals surface area contributed by atoms with Crippen LogP contribution in [0.5, 0.6) is 5.75 Å². The van der Waals surface area contributed by atoms with Crippen molar-refractivity contribution in [1.82, 2.24) is 15.2 Å². The molecule has 1 atom stereocenters. The molecule has 4 aromatic rings. The third kappa shape index (κ3) is 5.38. The first-order valence-electron chi connectivity index (χ1n) is 11.1. The highest BCUT2D eigenvalue weighted by molar-refractivity contribution is 6.07. The van der Waals surface area contributed by atoms with Crippen LogP contribution in [0.2, 0.25) is 0 Å². The first kappa shape index (κ1) is 22.5. The molecule has 1 heterocycles. The molecule has 33 heavy (non-hydrogen) atoms. The molecule has 5 heteroatoms. The van der Waals surface area contributed by atoms with Gasteiger partial charge in [0.05, 0.1) is 23.9 Å². The molecule has 4 rings (SSSR count). The second-order valence-electron chi connectivity index (χ2n) is 8.32. The zero-order valence-corrected chi connectivity index (χ0v) is 19.3. The van der Waals surface area contributed by atoms with Crippen molar-refractivity contribution in [3.63, 3.8) is 0 Å². The van der Waals surface area contributed by atoms with Gasteiger partial charge in [0.2, 0.25) is 0 Å². The summed E-state index contributed by atoms with van der Waals surface area (Å²) in [5.41, 5.74) is 4.37. The number of carbonyl (C=O) groups excluding carboxylic acids is 1. The van der Waals surface area contributed by atoms with Crippen molar-refractivity contribution in [1.29, 1.82) is 0 Å². The Morgan fingerprint density at radius 3 is 2.36 bits per heavy atom. The van der Waals surface area contributed by atoms with Gasteiger partial charge in [-0.1, -0.05) is 48.5 Å². The summed E-state index contributed by atoms with van der Waals surface area (Å²) in [5, 5.41) is 4.01. The lowest BCUT2D eigenvalue weighted by Gasteiger charge is -2.25. The number of fused-ring (bicyclic) bond motifs is 1. The first-order chi connectivity index (χ1) is 16.0. The number of carbonyl (C=O) groups is 1. The third-order valence-electron chi connectivity index (χ3n) is 5.89. The van der Waals surface area contributed by atoms with Gasteiger partial charge >= 0.3 is 0 Å². The predicted octanol–water partition coefficient (Wildman–Crippen LogP) is 4.81. The molecule has 3 aromatic carbocycles. The lowest BCUT2D eigenvalue weighted by Crippen LogP contribution is -2.41. The van der Waals surface area contributed by atoms with Crippen molar-refractivity contribution in [2.24, 2.45) is 0 Å². The lowest BCUT2D eigenvalue weighted by molar-refractivity contribution is 0.0943. The van der Waals surface area contributed by atoms with E-state index in [1.54, 1.807) is 7.11 Å². The van der Waals surface area contributed by atoms with Crippen LogP contribution in [0.1, 0.15) is 15.9 Å². The second kappa shape index (κ2) is 10.3. The summed E-state index contributed by atoms with van der Waals surface area (Å²) in [6, 6.07) is 27.9. The number of nitrogens with zero attached hydrogens (tertiary/aromatic N) is 2. The van der Waals surface area contributed by atoms with E-state index in [9.17, 15) is 4.79 Å². The van der Waals surface area contributed by atoms with Gasteiger partial charge in [0.15, 0.2) is 0 Å². The highest BCUT2D eigenvalue weighted by atomic mass is 16.5. The van der Waals surface area contributed by atoms with Gasteiger partial charge in [-0.2, -0.15) is 0 Å². The smallest absolute Gasteiger partial charge is 0.252 e. The van der Waals surface area contributed by atoms with Gasteiger partial charge in [0.1, 0.15) is 5.75 Å². The summed E-state index contributed by atoms with van der Waals surface area (Å²) in [6.07, 6.45) is 0.863. The zero-order chi connectivity index (χ0) is 23.2. The van der Waals surface area contributed by atoms with Crippen LogP contribution in [0.4, 0.5) is 0 Å². The number of hydrogen-bond donors (Lipinski definition) is 1. The molecule has 0 aliphatic carbocycles. The lowest BCUT2D eigenvalue weighted by atomic mass is 10.0. The maximum atomic E-state index is 13.3. The number of amides is 1. The van der Waals surface area contributed by atoms with Gasteiger partial charge in [-0.15, -0.1) is 0 Å². The van der Waals surface area contributed by atoms with Gasteiger partial charge in [-0.25, -0.2) is 4.98 Å². The molecule has 1 unspecified atom stereocenters. The van der Waals surface area contributed by atoms with Gasteiger partial charge in [-0.05, 0) is 62.5 Å². The van der Waals surface area contributed by atoms with E-state index in [0.29, 0.717) is 12.1 Å². The number of benzene rings is 3. The van der Waals surface area contributed by atoms with Crippen LogP contribution in [-0.4, -0.2) is 49.6 Å². The summed E-state index contributed by atoms with van der Waals surface area (Å²) in [7, 11) is 5.73. The molecule has 0 saturated heterocycles. The molecule has 5 nitrogen and oxygen atoms in total. The minimum Gasteiger partial charge on any atom is -0.497 e. The van der Waals surface area contributed by atoms with Crippen molar-refractivity contribution < 1.29 is 9.53 Å². The van der Waals surface area contributed by atoms with Gasteiger partial charge in [0, 0.05) is 23.5 Å². The summed E-state index contributed by atoms with van der Waals surface area (Å²) in [6.45, 7) is 0.551. The number of pyridine rings is 1. The quantitative estimate of drug-likeness (QED) is 0.428. The minimum atomic E-state index is -0.0942. The maximum absolute atomic E-state index is 13.3. The van der Waals surface area contributed by atoms with E-state index >= 15 is 0 Å². The van der Waals surface area contributed by atoms with E-state index in [1.165, 1.54) is 5.56 Å². The van der Waals surface area contributed by atoms with Gasteiger partial charge < -0.3 is 15.0 Å². The van der Waals surface area contributed by atoms with Gasteiger partial charge in [0.25, 0.3) is 5.91 Å². The topological polar surface area (TPSA) is 54.5 Å². The zero-order valence-electron chi connectivity index (χ0n) is 19.3. The number of nitrogens with one attached hydrogen (secondary N) is 1. The summed E-state index contributed by atoms with van der Waals surface area (Å²) >= 11 is 0. The number of rotatable bonds is 8. The van der Waals surface area contributed by atoms with Gasteiger partial charge in [-0.3, -0.25) is 4.79 Å². The van der Waals surface area contributed by atoms with Crippen LogP contribution in [0.3, 0.4) is 0 Å². The van der Waals surface area contributed by atoms with Crippen LogP contribution in [-0.2, 0) is 6.42 Å². The van der Waals surface area contributed by atoms with Crippen LogP contribution in [0.25, 0.3) is 22.2 Å². The van der Waals surface area contributed by atoms with Crippen molar-refractivity contribution in [2.45, 2.75) is 12.5 Å². The highest BCUT2D eigenvalue weighted by Gasteiger charge is 2.17. The molecule has 0 aliphatic rings. The monoisotopic (exact) mass is 439 g/mol. The third-order valence-corrected chi connectivity index (χ3v) is 5.89. The summed E-state index contributed by atoms with van der Waals surface area (Å²) in [4.78, 5) is 20.3. The molecule has 1 amide bonds. The highest BCUT2D eigenvalue weighted by Crippen LogP contribution is 2.26. The average Bonchev–Trinajstić information content (AvgIpc) is 2.86. The summed E-state index contributed by atoms with van der Waals surface area (Å²) < 4.78 is 5.26. The van der Waals surface area contributed by atoms with E-state index in [0.717, 1.165) is 34.3 Å². The number of hydrogen-bond acceptors (Lipinski definition) is 4. The normalized spacial score (nSPS) is 12.0. The fourth-order valence-corrected chi connectivity index (χ4v) is 3.90. The molecule has 0 fully saturated rings. The number of aromatic nitrogens is 1. The standard InChI is InChI=1S/C28H29N3O2/c1-31(2)22(17-20-9-5-4-6-10-20)19-29-28(32)25-18-27(21-13-15-23(33-3)16-14-21)30-26-12-8-7-11-24(25)26/h4-16,18,22H,17,19H2,1-3H3,(H,29,32). The van der Waals surface area contributed by atoms with Crippen LogP contribution < -0.4 is 10.1 Å². The SMILES string of the molecule is COc1ccc(-c2cc(C(=O)NCC(Cc3ccccc3)N(C)C)c3ccccc3n2)cc1. The molecule has 1 N–H and O–H groups in total. The molecule has 0 radical (unpaired) electrons. The molecular weight excluding hydrogens is 410 g/mol. The molecule has 0 aliphatic heterocycles. The predicted molar refractivity (Wildman–Crippen MR) is 134 cm³/mol. The number of ether oxygens (including phenoxy) is 1. The van der Waals surface area contributed by atoms with E-state index in [-0.39, 0.29) is 11.9 Å². The maximum Gasteiger partial charge on any atom is 0.252 e. The Kier molecular flexibility index (Phi) is 7.01. The Balaban J connectivity index is 1.60. The number of likely N-dealkylation sites (N-methyl/N-ethyl adjacent to an activating group) is 1. The first-order valence-corrected chi connectivity index (χ1v) is 11.1. The molecule has 0 bridgehead atoms. The fraction of sp³-hybridized carbons (Fsp3) is 0.214. The molecule has 0 spiro atoms. The Morgan fingerprint density at radius 1 is 0.970 bits per heavy atom. The van der Waals surface area contributed by atoms with Crippen LogP contribution >= 0.6 is 0 Å². The Hall–Kier alpha value is -3.70. The summed E-state index contributed by atoms with van der Waals surface area (Å²) in [5.74, 6) is 0.689. The second-order valence-corrected chi connectivity index (χ2v) is 8.32. The number of para-hydroxylation sites is 1.